The van der Waals surface area contributed by atoms with E-state index < -0.39 is 11.6 Å². The zero-order valence-electron chi connectivity index (χ0n) is 19.7. The Kier molecular flexibility index (Phi) is 5.75. The van der Waals surface area contributed by atoms with Crippen LogP contribution >= 0.6 is 0 Å². The first-order valence-corrected chi connectivity index (χ1v) is 12.2. The molecule has 0 radical (unpaired) electrons. The van der Waals surface area contributed by atoms with Crippen molar-refractivity contribution in [2.45, 2.75) is 31.0 Å². The highest BCUT2D eigenvalue weighted by Gasteiger charge is 2.42. The molecule has 1 atom stereocenters. The minimum Gasteiger partial charge on any atom is -0.378 e. The Morgan fingerprint density at radius 3 is 1.81 bits per heavy atom. The summed E-state index contributed by atoms with van der Waals surface area (Å²) in [6, 6.07) is 34.9. The summed E-state index contributed by atoms with van der Waals surface area (Å²) in [5.74, 6) is 0. The number of para-hydroxylation sites is 1. The Morgan fingerprint density at radius 2 is 1.19 bits per heavy atom. The molecule has 2 heterocycles. The first-order valence-electron chi connectivity index (χ1n) is 12.2. The van der Waals surface area contributed by atoms with Gasteiger partial charge in [-0.15, -0.1) is 5.10 Å². The number of aromatic nitrogens is 6. The molecule has 0 aliphatic heterocycles. The Hall–Kier alpha value is -4.36. The maximum absolute atomic E-state index is 12.6. The Balaban J connectivity index is 1.42. The number of benzene rings is 4. The molecule has 6 aromatic rings. The molecule has 7 heteroatoms. The van der Waals surface area contributed by atoms with Gasteiger partial charge in [-0.05, 0) is 48.2 Å². The van der Waals surface area contributed by atoms with Crippen LogP contribution in [0, 0.1) is 0 Å². The predicted molar refractivity (Wildman–Crippen MR) is 139 cm³/mol. The van der Waals surface area contributed by atoms with Gasteiger partial charge in [0.05, 0.1) is 5.52 Å². The highest BCUT2D eigenvalue weighted by molar-refractivity contribution is 5.74. The number of rotatable bonds is 8. The Labute approximate surface area is 208 Å². The van der Waals surface area contributed by atoms with Crippen molar-refractivity contribution in [2.24, 2.45) is 0 Å². The normalized spacial score (nSPS) is 12.8. The third kappa shape index (κ3) is 3.93. The number of hydrogen-bond donors (Lipinski definition) is 1. The van der Waals surface area contributed by atoms with Crippen molar-refractivity contribution in [2.75, 3.05) is 0 Å². The molecule has 0 saturated heterocycles. The third-order valence-electron chi connectivity index (χ3n) is 6.76. The maximum Gasteiger partial charge on any atom is 0.139 e. The molecule has 1 N–H and O–H groups in total. The van der Waals surface area contributed by atoms with E-state index in [0.29, 0.717) is 13.0 Å². The minimum absolute atomic E-state index is 0.454. The first kappa shape index (κ1) is 22.1. The highest BCUT2D eigenvalue weighted by atomic mass is 16.3. The summed E-state index contributed by atoms with van der Waals surface area (Å²) in [7, 11) is 0. The molecule has 0 amide bonds. The molecule has 2 aromatic heterocycles. The van der Waals surface area contributed by atoms with Crippen molar-refractivity contribution in [3.8, 4) is 0 Å². The molecule has 7 nitrogen and oxygen atoms in total. The van der Waals surface area contributed by atoms with Crippen LogP contribution in [-0.2, 0) is 12.1 Å². The molecule has 1 unspecified atom stereocenters. The van der Waals surface area contributed by atoms with Gasteiger partial charge in [-0.1, -0.05) is 90.1 Å². The molecule has 0 saturated carbocycles. The van der Waals surface area contributed by atoms with E-state index in [1.807, 2.05) is 114 Å². The van der Waals surface area contributed by atoms with Crippen LogP contribution in [0.15, 0.2) is 109 Å². The average Bonchev–Trinajstić information content (AvgIpc) is 3.56. The summed E-state index contributed by atoms with van der Waals surface area (Å²) in [6.45, 7) is 0.664. The molecule has 178 valence electrons. The highest BCUT2D eigenvalue weighted by Crippen LogP contribution is 2.42. The van der Waals surface area contributed by atoms with Crippen molar-refractivity contribution < 1.29 is 5.11 Å². The van der Waals surface area contributed by atoms with Gasteiger partial charge >= 0.3 is 0 Å². The van der Waals surface area contributed by atoms with Crippen LogP contribution in [-0.4, -0.2) is 35.1 Å². The molecular weight excluding hydrogens is 448 g/mol. The summed E-state index contributed by atoms with van der Waals surface area (Å²) < 4.78 is 1.92. The number of aliphatic hydroxyl groups is 1. The SMILES string of the molecule is OC(c1ccccc1)(c1ccccc1)C(CCCn1nnc2ccccc21)n1nc2ccccc2n1. The number of aryl methyl sites for hydroxylation is 1. The van der Waals surface area contributed by atoms with Gasteiger partial charge < -0.3 is 5.11 Å². The van der Waals surface area contributed by atoms with Crippen molar-refractivity contribution in [1.29, 1.82) is 0 Å². The maximum atomic E-state index is 12.6. The average molecular weight is 475 g/mol. The van der Waals surface area contributed by atoms with Crippen LogP contribution in [0.3, 0.4) is 0 Å². The van der Waals surface area contributed by atoms with Crippen molar-refractivity contribution in [3.63, 3.8) is 0 Å². The molecule has 6 rings (SSSR count). The fourth-order valence-corrected chi connectivity index (χ4v) is 4.96. The van der Waals surface area contributed by atoms with Gasteiger partial charge in [0.15, 0.2) is 0 Å². The lowest BCUT2D eigenvalue weighted by Gasteiger charge is -2.36. The zero-order chi connectivity index (χ0) is 24.4. The fourth-order valence-electron chi connectivity index (χ4n) is 4.96. The van der Waals surface area contributed by atoms with E-state index in [2.05, 4.69) is 10.3 Å². The van der Waals surface area contributed by atoms with E-state index in [4.69, 9.17) is 10.2 Å². The van der Waals surface area contributed by atoms with Crippen LogP contribution in [0.2, 0.25) is 0 Å². The molecule has 0 aliphatic rings. The number of hydrogen-bond acceptors (Lipinski definition) is 5. The van der Waals surface area contributed by atoms with Gasteiger partial charge in [0.2, 0.25) is 0 Å². The van der Waals surface area contributed by atoms with E-state index in [1.54, 1.807) is 4.80 Å². The third-order valence-corrected chi connectivity index (χ3v) is 6.76. The number of fused-ring (bicyclic) bond motifs is 2. The minimum atomic E-state index is -1.35. The molecule has 0 fully saturated rings. The van der Waals surface area contributed by atoms with Gasteiger partial charge in [-0.3, -0.25) is 0 Å². The van der Waals surface area contributed by atoms with E-state index >= 15 is 0 Å². The van der Waals surface area contributed by atoms with Crippen molar-refractivity contribution in [1.82, 2.24) is 30.0 Å². The Bertz CT molecular complexity index is 1520. The first-order chi connectivity index (χ1) is 17.7. The lowest BCUT2D eigenvalue weighted by atomic mass is 9.78. The van der Waals surface area contributed by atoms with Crippen LogP contribution in [0.1, 0.15) is 30.0 Å². The Morgan fingerprint density at radius 1 is 0.667 bits per heavy atom. The largest absolute Gasteiger partial charge is 0.378 e. The lowest BCUT2D eigenvalue weighted by Crippen LogP contribution is -2.39. The van der Waals surface area contributed by atoms with Crippen molar-refractivity contribution in [3.05, 3.63) is 120 Å². The van der Waals surface area contributed by atoms with Crippen LogP contribution in [0.25, 0.3) is 22.1 Å². The summed E-state index contributed by atoms with van der Waals surface area (Å²) in [5, 5.41) is 30.8. The van der Waals surface area contributed by atoms with Crippen LogP contribution < -0.4 is 0 Å². The van der Waals surface area contributed by atoms with E-state index in [1.165, 1.54) is 0 Å². The molecule has 36 heavy (non-hydrogen) atoms. The topological polar surface area (TPSA) is 81.6 Å². The van der Waals surface area contributed by atoms with Gasteiger partial charge in [0.1, 0.15) is 28.2 Å². The second-order valence-electron chi connectivity index (χ2n) is 8.97. The van der Waals surface area contributed by atoms with Gasteiger partial charge in [-0.2, -0.15) is 15.0 Å². The smallest absolute Gasteiger partial charge is 0.139 e. The zero-order valence-corrected chi connectivity index (χ0v) is 19.7. The fraction of sp³-hybridized carbons (Fsp3) is 0.172. The van der Waals surface area contributed by atoms with Gasteiger partial charge in [0.25, 0.3) is 0 Å². The summed E-state index contributed by atoms with van der Waals surface area (Å²) in [4.78, 5) is 1.70. The molecule has 4 aromatic carbocycles. The van der Waals surface area contributed by atoms with E-state index in [0.717, 1.165) is 39.6 Å². The van der Waals surface area contributed by atoms with Gasteiger partial charge in [-0.25, -0.2) is 4.68 Å². The van der Waals surface area contributed by atoms with E-state index in [9.17, 15) is 5.11 Å². The number of nitrogens with zero attached hydrogens (tertiary/aromatic N) is 6. The predicted octanol–water partition coefficient (Wildman–Crippen LogP) is 5.13. The second kappa shape index (κ2) is 9.36. The van der Waals surface area contributed by atoms with Crippen molar-refractivity contribution >= 4 is 22.1 Å². The van der Waals surface area contributed by atoms with Crippen LogP contribution in [0.4, 0.5) is 0 Å². The van der Waals surface area contributed by atoms with E-state index in [-0.39, 0.29) is 0 Å². The molecule has 0 aliphatic carbocycles. The summed E-state index contributed by atoms with van der Waals surface area (Å²) >= 11 is 0. The molecular formula is C29H26N6O. The molecule has 0 spiro atoms. The summed E-state index contributed by atoms with van der Waals surface area (Å²) in [6.07, 6.45) is 1.37. The van der Waals surface area contributed by atoms with Gasteiger partial charge in [0, 0.05) is 6.54 Å². The summed E-state index contributed by atoms with van der Waals surface area (Å²) in [5.41, 5.74) is 3.73. The lowest BCUT2D eigenvalue weighted by molar-refractivity contribution is 0.00617. The monoisotopic (exact) mass is 474 g/mol. The standard InChI is InChI=1S/C29H26N6O/c36-29(22-12-3-1-4-13-22,23-14-5-2-6-15-23)28(35-31-24-16-7-8-17-25(24)32-35)20-11-21-34-27-19-10-9-18-26(27)30-33-34/h1-10,12-19,28,36H,11,20-21H2. The quantitative estimate of drug-likeness (QED) is 0.331. The van der Waals surface area contributed by atoms with Crippen LogP contribution in [0.5, 0.6) is 0 Å². The molecule has 0 bridgehead atoms. The second-order valence-corrected chi connectivity index (χ2v) is 8.97.